The number of aromatic nitrogens is 2. The predicted octanol–water partition coefficient (Wildman–Crippen LogP) is 3.03. The molecular weight excluding hydrogens is 250 g/mol. The smallest absolute Gasteiger partial charge is 0.160 e. The van der Waals surface area contributed by atoms with Gasteiger partial charge in [-0.15, -0.1) is 0 Å². The third-order valence-electron chi connectivity index (χ3n) is 4.16. The van der Waals surface area contributed by atoms with E-state index in [1.165, 1.54) is 12.8 Å². The predicted molar refractivity (Wildman–Crippen MR) is 80.3 cm³/mol. The summed E-state index contributed by atoms with van der Waals surface area (Å²) in [7, 11) is 1.79. The minimum Gasteiger partial charge on any atom is -0.370 e. The fourth-order valence-corrected chi connectivity index (χ4v) is 3.01. The van der Waals surface area contributed by atoms with Gasteiger partial charge in [0.15, 0.2) is 5.82 Å². The monoisotopic (exact) mass is 277 g/mol. The van der Waals surface area contributed by atoms with E-state index < -0.39 is 0 Å². The van der Waals surface area contributed by atoms with Crippen molar-refractivity contribution in [1.82, 2.24) is 15.3 Å². The molecule has 1 N–H and O–H groups in total. The van der Waals surface area contributed by atoms with Crippen LogP contribution in [0.25, 0.3) is 0 Å². The molecule has 1 aliphatic carbocycles. The van der Waals surface area contributed by atoms with Gasteiger partial charge < -0.3 is 10.1 Å². The van der Waals surface area contributed by atoms with Crippen molar-refractivity contribution in [1.29, 1.82) is 0 Å². The molecule has 1 aliphatic rings. The lowest BCUT2D eigenvalue weighted by atomic mass is 9.78. The molecule has 1 saturated carbocycles. The summed E-state index contributed by atoms with van der Waals surface area (Å²) >= 11 is 0. The average Bonchev–Trinajstić information content (AvgIpc) is 2.45. The number of methoxy groups -OCH3 is 1. The standard InChI is InChI=1S/C16H27N3O/c1-12(2)18-11-14-7-9-17-15(19-14)16(20-4)8-5-6-13(3)10-16/h7,9,12-13,18H,5-6,8,10-11H2,1-4H3. The molecule has 0 spiro atoms. The molecule has 1 fully saturated rings. The first-order chi connectivity index (χ1) is 9.55. The molecule has 2 rings (SSSR count). The summed E-state index contributed by atoms with van der Waals surface area (Å²) in [5.41, 5.74) is 0.754. The van der Waals surface area contributed by atoms with Gasteiger partial charge in [-0.25, -0.2) is 9.97 Å². The van der Waals surface area contributed by atoms with Crippen molar-refractivity contribution >= 4 is 0 Å². The van der Waals surface area contributed by atoms with Crippen LogP contribution in [0.1, 0.15) is 58.0 Å². The third-order valence-corrected chi connectivity index (χ3v) is 4.16. The first-order valence-electron chi connectivity index (χ1n) is 7.66. The Morgan fingerprint density at radius 2 is 2.30 bits per heavy atom. The SMILES string of the molecule is COC1(c2nccc(CNC(C)C)n2)CCCC(C)C1. The van der Waals surface area contributed by atoms with Crippen molar-refractivity contribution in [2.75, 3.05) is 7.11 Å². The van der Waals surface area contributed by atoms with Crippen LogP contribution in [0, 0.1) is 5.92 Å². The summed E-state index contributed by atoms with van der Waals surface area (Å²) in [6.45, 7) is 7.35. The lowest BCUT2D eigenvalue weighted by molar-refractivity contribution is -0.0647. The Labute approximate surface area is 122 Å². The van der Waals surface area contributed by atoms with E-state index >= 15 is 0 Å². The van der Waals surface area contributed by atoms with Gasteiger partial charge in [0, 0.05) is 25.9 Å². The molecule has 4 nitrogen and oxygen atoms in total. The van der Waals surface area contributed by atoms with Crippen LogP contribution in [-0.4, -0.2) is 23.1 Å². The van der Waals surface area contributed by atoms with E-state index in [0.717, 1.165) is 30.9 Å². The van der Waals surface area contributed by atoms with Crippen LogP contribution < -0.4 is 5.32 Å². The molecule has 1 aromatic rings. The van der Waals surface area contributed by atoms with E-state index in [2.05, 4.69) is 31.1 Å². The second-order valence-corrected chi connectivity index (χ2v) is 6.31. The number of rotatable bonds is 5. The van der Waals surface area contributed by atoms with Crippen LogP contribution in [-0.2, 0) is 16.9 Å². The van der Waals surface area contributed by atoms with Crippen LogP contribution in [0.5, 0.6) is 0 Å². The topological polar surface area (TPSA) is 47.0 Å². The molecule has 1 aromatic heterocycles. The Kier molecular flexibility index (Phi) is 5.11. The summed E-state index contributed by atoms with van der Waals surface area (Å²) in [4.78, 5) is 9.25. The molecule has 0 aromatic carbocycles. The van der Waals surface area contributed by atoms with Gasteiger partial charge in [-0.05, 0) is 31.2 Å². The normalized spacial score (nSPS) is 26.9. The Balaban J connectivity index is 2.19. The molecule has 20 heavy (non-hydrogen) atoms. The third kappa shape index (κ3) is 3.55. The van der Waals surface area contributed by atoms with Gasteiger partial charge in [-0.1, -0.05) is 27.2 Å². The Morgan fingerprint density at radius 3 is 2.95 bits per heavy atom. The molecular formula is C16H27N3O. The summed E-state index contributed by atoms with van der Waals surface area (Å²) in [5, 5.41) is 3.40. The highest BCUT2D eigenvalue weighted by molar-refractivity contribution is 5.10. The Hall–Kier alpha value is -1.00. The maximum atomic E-state index is 5.87. The molecule has 0 amide bonds. The van der Waals surface area contributed by atoms with Gasteiger partial charge >= 0.3 is 0 Å². The van der Waals surface area contributed by atoms with Gasteiger partial charge in [-0.2, -0.15) is 0 Å². The van der Waals surface area contributed by atoms with Crippen molar-refractivity contribution in [3.05, 3.63) is 23.8 Å². The van der Waals surface area contributed by atoms with Crippen LogP contribution >= 0.6 is 0 Å². The van der Waals surface area contributed by atoms with E-state index in [4.69, 9.17) is 9.72 Å². The summed E-state index contributed by atoms with van der Waals surface area (Å²) in [5.74, 6) is 1.53. The van der Waals surface area contributed by atoms with Crippen molar-refractivity contribution in [3.63, 3.8) is 0 Å². The molecule has 2 atom stereocenters. The molecule has 1 heterocycles. The van der Waals surface area contributed by atoms with Crippen molar-refractivity contribution in [2.24, 2.45) is 5.92 Å². The van der Waals surface area contributed by atoms with Gasteiger partial charge in [0.2, 0.25) is 0 Å². The zero-order chi connectivity index (χ0) is 14.6. The number of hydrogen-bond donors (Lipinski definition) is 1. The van der Waals surface area contributed by atoms with Crippen LogP contribution in [0.4, 0.5) is 0 Å². The number of ether oxygens (including phenoxy) is 1. The Morgan fingerprint density at radius 1 is 1.50 bits per heavy atom. The molecule has 0 bridgehead atoms. The Bertz CT molecular complexity index is 435. The van der Waals surface area contributed by atoms with Gasteiger partial charge in [-0.3, -0.25) is 0 Å². The van der Waals surface area contributed by atoms with E-state index in [1.54, 1.807) is 7.11 Å². The van der Waals surface area contributed by atoms with Crippen LogP contribution in [0.15, 0.2) is 12.3 Å². The fraction of sp³-hybridized carbons (Fsp3) is 0.750. The number of nitrogens with zero attached hydrogens (tertiary/aromatic N) is 2. The molecule has 0 aliphatic heterocycles. The molecule has 2 unspecified atom stereocenters. The van der Waals surface area contributed by atoms with Crippen LogP contribution in [0.2, 0.25) is 0 Å². The molecule has 4 heteroatoms. The highest BCUT2D eigenvalue weighted by Gasteiger charge is 2.39. The molecule has 0 radical (unpaired) electrons. The van der Waals surface area contributed by atoms with E-state index in [0.29, 0.717) is 12.0 Å². The first-order valence-corrected chi connectivity index (χ1v) is 7.66. The van der Waals surface area contributed by atoms with Gasteiger partial charge in [0.05, 0.1) is 5.69 Å². The summed E-state index contributed by atoms with van der Waals surface area (Å²) in [6, 6.07) is 2.44. The summed E-state index contributed by atoms with van der Waals surface area (Å²) in [6.07, 6.45) is 6.37. The second kappa shape index (κ2) is 6.64. The average molecular weight is 277 g/mol. The maximum absolute atomic E-state index is 5.87. The van der Waals surface area contributed by atoms with Gasteiger partial charge in [0.25, 0.3) is 0 Å². The molecule has 112 valence electrons. The van der Waals surface area contributed by atoms with Crippen LogP contribution in [0.3, 0.4) is 0 Å². The van der Waals surface area contributed by atoms with E-state index in [-0.39, 0.29) is 5.60 Å². The summed E-state index contributed by atoms with van der Waals surface area (Å²) < 4.78 is 5.87. The zero-order valence-electron chi connectivity index (χ0n) is 13.1. The maximum Gasteiger partial charge on any atom is 0.160 e. The minimum absolute atomic E-state index is 0.286. The lowest BCUT2D eigenvalue weighted by Crippen LogP contribution is -2.36. The largest absolute Gasteiger partial charge is 0.370 e. The van der Waals surface area contributed by atoms with Crippen molar-refractivity contribution < 1.29 is 4.74 Å². The highest BCUT2D eigenvalue weighted by Crippen LogP contribution is 2.40. The van der Waals surface area contributed by atoms with Crippen molar-refractivity contribution in [3.8, 4) is 0 Å². The highest BCUT2D eigenvalue weighted by atomic mass is 16.5. The number of hydrogen-bond acceptors (Lipinski definition) is 4. The fourth-order valence-electron chi connectivity index (χ4n) is 3.01. The number of nitrogens with one attached hydrogen (secondary N) is 1. The quantitative estimate of drug-likeness (QED) is 0.898. The second-order valence-electron chi connectivity index (χ2n) is 6.31. The van der Waals surface area contributed by atoms with E-state index in [9.17, 15) is 0 Å². The first kappa shape index (κ1) is 15.4. The zero-order valence-corrected chi connectivity index (χ0v) is 13.1. The molecule has 0 saturated heterocycles. The van der Waals surface area contributed by atoms with Crippen molar-refractivity contribution in [2.45, 2.75) is 64.6 Å². The van der Waals surface area contributed by atoms with E-state index in [1.807, 2.05) is 12.3 Å². The van der Waals surface area contributed by atoms with Gasteiger partial charge in [0.1, 0.15) is 5.60 Å². The minimum atomic E-state index is -0.286. The lowest BCUT2D eigenvalue weighted by Gasteiger charge is -2.37.